The maximum atomic E-state index is 9.86. The van der Waals surface area contributed by atoms with Crippen molar-refractivity contribution in [1.29, 1.82) is 0 Å². The Balaban J connectivity index is 2.77. The molecule has 3 atom stereocenters. The quantitative estimate of drug-likeness (QED) is 0.597. The highest BCUT2D eigenvalue weighted by molar-refractivity contribution is 5.10. The predicted molar refractivity (Wildman–Crippen MR) is 51.9 cm³/mol. The van der Waals surface area contributed by atoms with Crippen LogP contribution in [0, 0.1) is 11.3 Å². The summed E-state index contributed by atoms with van der Waals surface area (Å²) in [5, 5.41) is 9.86. The molecule has 3 unspecified atom stereocenters. The Kier molecular flexibility index (Phi) is 2.62. The van der Waals surface area contributed by atoms with Crippen molar-refractivity contribution in [3.05, 3.63) is 12.2 Å². The lowest BCUT2D eigenvalue weighted by molar-refractivity contribution is 0.00781. The van der Waals surface area contributed by atoms with E-state index in [0.29, 0.717) is 0 Å². The summed E-state index contributed by atoms with van der Waals surface area (Å²) in [6.45, 7) is 10.4. The molecule has 0 aromatic rings. The molecule has 1 aliphatic rings. The highest BCUT2D eigenvalue weighted by Gasteiger charge is 2.38. The van der Waals surface area contributed by atoms with Gasteiger partial charge in [-0.3, -0.25) is 0 Å². The molecular formula is C11H20O. The van der Waals surface area contributed by atoms with Crippen molar-refractivity contribution in [3.8, 4) is 0 Å². The van der Waals surface area contributed by atoms with Gasteiger partial charge in [-0.25, -0.2) is 0 Å². The Morgan fingerprint density at radius 2 is 2.08 bits per heavy atom. The largest absolute Gasteiger partial charge is 0.392 e. The van der Waals surface area contributed by atoms with Crippen molar-refractivity contribution < 1.29 is 5.11 Å². The molecular weight excluding hydrogens is 148 g/mol. The second-order valence-electron chi connectivity index (χ2n) is 4.60. The van der Waals surface area contributed by atoms with Gasteiger partial charge in [0.25, 0.3) is 0 Å². The van der Waals surface area contributed by atoms with Crippen LogP contribution in [0.1, 0.15) is 40.0 Å². The predicted octanol–water partition coefficient (Wildman–Crippen LogP) is 2.75. The standard InChI is InChI=1S/C11H20O/c1-8(2)11(4)7-9(3)5-6-10(11)12/h9-10,12H,1,5-7H2,2-4H3. The van der Waals surface area contributed by atoms with E-state index >= 15 is 0 Å². The molecule has 0 aromatic heterocycles. The summed E-state index contributed by atoms with van der Waals surface area (Å²) in [5.74, 6) is 0.732. The maximum Gasteiger partial charge on any atom is 0.0630 e. The number of hydrogen-bond donors (Lipinski definition) is 1. The van der Waals surface area contributed by atoms with Gasteiger partial charge in [0, 0.05) is 5.41 Å². The molecule has 0 bridgehead atoms. The Morgan fingerprint density at radius 1 is 1.50 bits per heavy atom. The van der Waals surface area contributed by atoms with E-state index in [9.17, 15) is 5.11 Å². The first-order valence-corrected chi connectivity index (χ1v) is 4.81. The van der Waals surface area contributed by atoms with Gasteiger partial charge in [-0.15, -0.1) is 0 Å². The Bertz CT molecular complexity index is 185. The van der Waals surface area contributed by atoms with E-state index in [1.807, 2.05) is 6.92 Å². The fourth-order valence-corrected chi connectivity index (χ4v) is 2.18. The molecule has 0 spiro atoms. The van der Waals surface area contributed by atoms with Crippen molar-refractivity contribution in [3.63, 3.8) is 0 Å². The fourth-order valence-electron chi connectivity index (χ4n) is 2.18. The Labute approximate surface area is 75.5 Å². The number of rotatable bonds is 1. The highest BCUT2D eigenvalue weighted by Crippen LogP contribution is 2.43. The molecule has 1 nitrogen and oxygen atoms in total. The van der Waals surface area contributed by atoms with Gasteiger partial charge in [0.15, 0.2) is 0 Å². The molecule has 1 fully saturated rings. The summed E-state index contributed by atoms with van der Waals surface area (Å²) in [4.78, 5) is 0. The van der Waals surface area contributed by atoms with Gasteiger partial charge in [-0.2, -0.15) is 0 Å². The number of aliphatic hydroxyl groups is 1. The van der Waals surface area contributed by atoms with Crippen LogP contribution < -0.4 is 0 Å². The van der Waals surface area contributed by atoms with Crippen LogP contribution in [-0.2, 0) is 0 Å². The number of hydrogen-bond acceptors (Lipinski definition) is 1. The normalized spacial score (nSPS) is 42.7. The maximum absolute atomic E-state index is 9.86. The van der Waals surface area contributed by atoms with E-state index in [4.69, 9.17) is 0 Å². The third-order valence-corrected chi connectivity index (χ3v) is 3.42. The molecule has 70 valence electrons. The van der Waals surface area contributed by atoms with Crippen molar-refractivity contribution >= 4 is 0 Å². The van der Waals surface area contributed by atoms with Gasteiger partial charge in [0.05, 0.1) is 6.10 Å². The first-order chi connectivity index (χ1) is 5.47. The summed E-state index contributed by atoms with van der Waals surface area (Å²) >= 11 is 0. The lowest BCUT2D eigenvalue weighted by Crippen LogP contribution is -2.38. The van der Waals surface area contributed by atoms with E-state index < -0.39 is 0 Å². The van der Waals surface area contributed by atoms with Crippen LogP contribution in [0.5, 0.6) is 0 Å². The van der Waals surface area contributed by atoms with Gasteiger partial charge in [0.1, 0.15) is 0 Å². The van der Waals surface area contributed by atoms with Crippen molar-refractivity contribution in [1.82, 2.24) is 0 Å². The van der Waals surface area contributed by atoms with Crippen LogP contribution in [0.4, 0.5) is 0 Å². The molecule has 1 aliphatic carbocycles. The molecule has 1 saturated carbocycles. The summed E-state index contributed by atoms with van der Waals surface area (Å²) < 4.78 is 0. The molecule has 12 heavy (non-hydrogen) atoms. The smallest absolute Gasteiger partial charge is 0.0630 e. The second-order valence-corrected chi connectivity index (χ2v) is 4.60. The van der Waals surface area contributed by atoms with Gasteiger partial charge >= 0.3 is 0 Å². The van der Waals surface area contributed by atoms with Crippen LogP contribution in [-0.4, -0.2) is 11.2 Å². The summed E-state index contributed by atoms with van der Waals surface area (Å²) in [6, 6.07) is 0. The van der Waals surface area contributed by atoms with E-state index in [2.05, 4.69) is 20.4 Å². The van der Waals surface area contributed by atoms with Gasteiger partial charge in [-0.05, 0) is 32.1 Å². The summed E-state index contributed by atoms with van der Waals surface area (Å²) in [6.07, 6.45) is 3.00. The fraction of sp³-hybridized carbons (Fsp3) is 0.818. The molecule has 1 heteroatoms. The minimum atomic E-state index is -0.175. The zero-order chi connectivity index (χ0) is 9.35. The topological polar surface area (TPSA) is 20.2 Å². The molecule has 1 N–H and O–H groups in total. The Morgan fingerprint density at radius 3 is 2.50 bits per heavy atom. The number of aliphatic hydroxyl groups excluding tert-OH is 1. The van der Waals surface area contributed by atoms with Crippen LogP contribution >= 0.6 is 0 Å². The van der Waals surface area contributed by atoms with E-state index in [0.717, 1.165) is 30.8 Å². The second kappa shape index (κ2) is 3.21. The lowest BCUT2D eigenvalue weighted by atomic mass is 9.66. The minimum absolute atomic E-state index is 0.0301. The average Bonchev–Trinajstić information content (AvgIpc) is 1.97. The van der Waals surface area contributed by atoms with Crippen LogP contribution in [0.3, 0.4) is 0 Å². The molecule has 0 saturated heterocycles. The van der Waals surface area contributed by atoms with E-state index in [1.165, 1.54) is 0 Å². The van der Waals surface area contributed by atoms with Gasteiger partial charge in [-0.1, -0.05) is 26.0 Å². The molecule has 0 aromatic carbocycles. The van der Waals surface area contributed by atoms with E-state index in [-0.39, 0.29) is 11.5 Å². The molecule has 0 heterocycles. The molecule has 0 amide bonds. The zero-order valence-corrected chi connectivity index (χ0v) is 8.43. The lowest BCUT2D eigenvalue weighted by Gasteiger charge is -2.42. The average molecular weight is 168 g/mol. The first kappa shape index (κ1) is 9.79. The van der Waals surface area contributed by atoms with Crippen LogP contribution in [0.2, 0.25) is 0 Å². The third-order valence-electron chi connectivity index (χ3n) is 3.42. The molecule has 0 radical (unpaired) electrons. The van der Waals surface area contributed by atoms with Crippen LogP contribution in [0.25, 0.3) is 0 Å². The van der Waals surface area contributed by atoms with E-state index in [1.54, 1.807) is 0 Å². The van der Waals surface area contributed by atoms with Crippen molar-refractivity contribution in [2.75, 3.05) is 0 Å². The minimum Gasteiger partial charge on any atom is -0.392 e. The van der Waals surface area contributed by atoms with Gasteiger partial charge in [0.2, 0.25) is 0 Å². The van der Waals surface area contributed by atoms with Crippen LogP contribution in [0.15, 0.2) is 12.2 Å². The first-order valence-electron chi connectivity index (χ1n) is 4.81. The highest BCUT2D eigenvalue weighted by atomic mass is 16.3. The monoisotopic (exact) mass is 168 g/mol. The summed E-state index contributed by atoms with van der Waals surface area (Å²) in [5.41, 5.74) is 1.10. The SMILES string of the molecule is C=C(C)C1(C)CC(C)CCC1O. The molecule has 1 rings (SSSR count). The van der Waals surface area contributed by atoms with Crippen molar-refractivity contribution in [2.45, 2.75) is 46.1 Å². The zero-order valence-electron chi connectivity index (χ0n) is 8.43. The van der Waals surface area contributed by atoms with Crippen molar-refractivity contribution in [2.24, 2.45) is 11.3 Å². The summed E-state index contributed by atoms with van der Waals surface area (Å²) in [7, 11) is 0. The third kappa shape index (κ3) is 1.56. The van der Waals surface area contributed by atoms with Gasteiger partial charge < -0.3 is 5.11 Å². The Hall–Kier alpha value is -0.300. The molecule has 0 aliphatic heterocycles.